The molecule has 102 valence electrons. The highest BCUT2D eigenvalue weighted by molar-refractivity contribution is 5.76. The minimum absolute atomic E-state index is 0.0205. The Bertz CT molecular complexity index is 563. The molecular weight excluding hydrogens is 242 g/mol. The van der Waals surface area contributed by atoms with Gasteiger partial charge in [0.1, 0.15) is 5.82 Å². The van der Waals surface area contributed by atoms with Gasteiger partial charge in [0.2, 0.25) is 5.91 Å². The summed E-state index contributed by atoms with van der Waals surface area (Å²) in [5, 5.41) is 11.5. The molecule has 2 aromatic rings. The number of benzene rings is 1. The van der Waals surface area contributed by atoms with E-state index in [9.17, 15) is 4.79 Å². The number of aromatic nitrogens is 2. The molecular formula is C14H19N3O2. The first-order valence-corrected chi connectivity index (χ1v) is 6.50. The number of hydrogen-bond acceptors (Lipinski definition) is 3. The molecule has 0 aliphatic heterocycles. The molecule has 0 saturated carbocycles. The highest BCUT2D eigenvalue weighted by Crippen LogP contribution is 2.14. The van der Waals surface area contributed by atoms with Crippen molar-refractivity contribution in [2.75, 3.05) is 13.2 Å². The van der Waals surface area contributed by atoms with Crippen molar-refractivity contribution >= 4 is 16.9 Å². The first-order chi connectivity index (χ1) is 9.22. The number of amides is 1. The zero-order chi connectivity index (χ0) is 13.7. The van der Waals surface area contributed by atoms with Gasteiger partial charge in [-0.05, 0) is 18.6 Å². The van der Waals surface area contributed by atoms with E-state index >= 15 is 0 Å². The van der Waals surface area contributed by atoms with Crippen LogP contribution in [0.15, 0.2) is 24.3 Å². The second-order valence-corrected chi connectivity index (χ2v) is 4.50. The molecule has 2 N–H and O–H groups in total. The number of para-hydroxylation sites is 2. The van der Waals surface area contributed by atoms with Crippen LogP contribution in [0.5, 0.6) is 0 Å². The highest BCUT2D eigenvalue weighted by atomic mass is 16.3. The molecule has 0 bridgehead atoms. The summed E-state index contributed by atoms with van der Waals surface area (Å²) in [7, 11) is 1.98. The molecule has 5 nitrogen and oxygen atoms in total. The zero-order valence-electron chi connectivity index (χ0n) is 11.1. The van der Waals surface area contributed by atoms with E-state index in [1.807, 2.05) is 31.3 Å². The maximum Gasteiger partial charge on any atom is 0.220 e. The Kier molecular flexibility index (Phi) is 4.52. The van der Waals surface area contributed by atoms with Crippen LogP contribution in [0.4, 0.5) is 0 Å². The maximum absolute atomic E-state index is 11.4. The highest BCUT2D eigenvalue weighted by Gasteiger charge is 2.07. The van der Waals surface area contributed by atoms with Crippen LogP contribution in [0.3, 0.4) is 0 Å². The number of carbonyl (C=O) groups excluding carboxylic acids is 1. The lowest BCUT2D eigenvalue weighted by atomic mass is 10.3. The van der Waals surface area contributed by atoms with Crippen molar-refractivity contribution in [1.29, 1.82) is 0 Å². The van der Waals surface area contributed by atoms with Crippen LogP contribution in [0.25, 0.3) is 11.0 Å². The first kappa shape index (κ1) is 13.5. The minimum atomic E-state index is -0.0205. The molecule has 1 heterocycles. The fraction of sp³-hybridized carbons (Fsp3) is 0.429. The fourth-order valence-electron chi connectivity index (χ4n) is 2.06. The summed E-state index contributed by atoms with van der Waals surface area (Å²) in [6.45, 7) is 0.625. The van der Waals surface area contributed by atoms with Gasteiger partial charge in [-0.2, -0.15) is 0 Å². The third-order valence-corrected chi connectivity index (χ3v) is 3.11. The monoisotopic (exact) mass is 261 g/mol. The molecule has 1 aromatic carbocycles. The van der Waals surface area contributed by atoms with Crippen LogP contribution < -0.4 is 5.32 Å². The molecule has 5 heteroatoms. The van der Waals surface area contributed by atoms with E-state index in [-0.39, 0.29) is 12.5 Å². The second kappa shape index (κ2) is 6.33. The lowest BCUT2D eigenvalue weighted by molar-refractivity contribution is -0.121. The molecule has 0 saturated heterocycles. The van der Waals surface area contributed by atoms with Crippen molar-refractivity contribution in [3.05, 3.63) is 30.1 Å². The number of carbonyl (C=O) groups is 1. The molecule has 0 radical (unpaired) electrons. The van der Waals surface area contributed by atoms with Crippen molar-refractivity contribution in [3.63, 3.8) is 0 Å². The quantitative estimate of drug-likeness (QED) is 0.815. The number of hydrogen-bond donors (Lipinski definition) is 2. The van der Waals surface area contributed by atoms with Gasteiger partial charge in [-0.3, -0.25) is 4.79 Å². The van der Waals surface area contributed by atoms with E-state index in [2.05, 4.69) is 14.9 Å². The largest absolute Gasteiger partial charge is 0.396 e. The molecule has 19 heavy (non-hydrogen) atoms. The average molecular weight is 261 g/mol. The Hall–Kier alpha value is -1.88. The van der Waals surface area contributed by atoms with Gasteiger partial charge in [-0.1, -0.05) is 12.1 Å². The first-order valence-electron chi connectivity index (χ1n) is 6.50. The third kappa shape index (κ3) is 3.32. The molecule has 1 amide bonds. The predicted octanol–water partition coefficient (Wildman–Crippen LogP) is 1.00. The predicted molar refractivity (Wildman–Crippen MR) is 73.7 cm³/mol. The number of nitrogens with zero attached hydrogens (tertiary/aromatic N) is 2. The lowest BCUT2D eigenvalue weighted by Crippen LogP contribution is -2.26. The van der Waals surface area contributed by atoms with Crippen molar-refractivity contribution in [2.45, 2.75) is 19.3 Å². The molecule has 1 aromatic heterocycles. The molecule has 0 spiro atoms. The van der Waals surface area contributed by atoms with E-state index in [4.69, 9.17) is 5.11 Å². The molecule has 0 unspecified atom stereocenters. The number of aryl methyl sites for hydroxylation is 1. The standard InChI is InChI=1S/C14H19N3O2/c1-17-12-6-3-2-5-11(12)16-13(17)8-9-15-14(19)7-4-10-18/h2-3,5-6,18H,4,7-10H2,1H3,(H,15,19). The summed E-state index contributed by atoms with van der Waals surface area (Å²) >= 11 is 0. The molecule has 0 aliphatic rings. The normalized spacial score (nSPS) is 10.8. The molecule has 0 fully saturated rings. The molecule has 2 rings (SSSR count). The van der Waals surface area contributed by atoms with Crippen LogP contribution in [-0.4, -0.2) is 33.7 Å². The van der Waals surface area contributed by atoms with E-state index in [1.165, 1.54) is 0 Å². The van der Waals surface area contributed by atoms with Crippen LogP contribution in [-0.2, 0) is 18.3 Å². The Morgan fingerprint density at radius 3 is 2.95 bits per heavy atom. The lowest BCUT2D eigenvalue weighted by Gasteiger charge is -2.05. The van der Waals surface area contributed by atoms with Crippen LogP contribution in [0.2, 0.25) is 0 Å². The van der Waals surface area contributed by atoms with Gasteiger partial charge in [-0.25, -0.2) is 4.98 Å². The third-order valence-electron chi connectivity index (χ3n) is 3.11. The van der Waals surface area contributed by atoms with Crippen molar-refractivity contribution < 1.29 is 9.90 Å². The minimum Gasteiger partial charge on any atom is -0.396 e. The number of nitrogens with one attached hydrogen (secondary N) is 1. The summed E-state index contributed by atoms with van der Waals surface area (Å²) in [6, 6.07) is 7.98. The van der Waals surface area contributed by atoms with Gasteiger partial charge in [-0.15, -0.1) is 0 Å². The zero-order valence-corrected chi connectivity index (χ0v) is 11.1. The smallest absolute Gasteiger partial charge is 0.220 e. The number of aliphatic hydroxyl groups excluding tert-OH is 1. The van der Waals surface area contributed by atoms with Gasteiger partial charge in [0, 0.05) is 33.0 Å². The number of aliphatic hydroxyl groups is 1. The average Bonchev–Trinajstić information content (AvgIpc) is 2.74. The Morgan fingerprint density at radius 1 is 1.42 bits per heavy atom. The van der Waals surface area contributed by atoms with Gasteiger partial charge < -0.3 is 15.0 Å². The summed E-state index contributed by atoms with van der Waals surface area (Å²) in [6.07, 6.45) is 1.59. The number of fused-ring (bicyclic) bond motifs is 1. The number of imidazole rings is 1. The summed E-state index contributed by atoms with van der Waals surface area (Å²) in [4.78, 5) is 15.9. The van der Waals surface area contributed by atoms with Crippen LogP contribution in [0, 0.1) is 0 Å². The summed E-state index contributed by atoms with van der Waals surface area (Å²) in [5.74, 6) is 0.941. The molecule has 0 atom stereocenters. The maximum atomic E-state index is 11.4. The van der Waals surface area contributed by atoms with Crippen molar-refractivity contribution in [2.24, 2.45) is 7.05 Å². The number of rotatable bonds is 6. The van der Waals surface area contributed by atoms with Crippen molar-refractivity contribution in [1.82, 2.24) is 14.9 Å². The van der Waals surface area contributed by atoms with E-state index in [1.54, 1.807) is 0 Å². The SMILES string of the molecule is Cn1c(CCNC(=O)CCCO)nc2ccccc21. The Labute approximate surface area is 112 Å². The fourth-order valence-corrected chi connectivity index (χ4v) is 2.06. The van der Waals surface area contributed by atoms with Crippen LogP contribution in [0.1, 0.15) is 18.7 Å². The van der Waals surface area contributed by atoms with Gasteiger partial charge >= 0.3 is 0 Å². The van der Waals surface area contributed by atoms with Crippen molar-refractivity contribution in [3.8, 4) is 0 Å². The summed E-state index contributed by atoms with van der Waals surface area (Å²) < 4.78 is 2.05. The van der Waals surface area contributed by atoms with Gasteiger partial charge in [0.15, 0.2) is 0 Å². The van der Waals surface area contributed by atoms with E-state index in [0.717, 1.165) is 16.9 Å². The van der Waals surface area contributed by atoms with Gasteiger partial charge in [0.25, 0.3) is 0 Å². The molecule has 0 aliphatic carbocycles. The van der Waals surface area contributed by atoms with Gasteiger partial charge in [0.05, 0.1) is 11.0 Å². The Balaban J connectivity index is 1.91. The Morgan fingerprint density at radius 2 is 2.21 bits per heavy atom. The van der Waals surface area contributed by atoms with E-state index < -0.39 is 0 Å². The summed E-state index contributed by atoms with van der Waals surface area (Å²) in [5.41, 5.74) is 2.08. The topological polar surface area (TPSA) is 67.2 Å². The van der Waals surface area contributed by atoms with Crippen LogP contribution >= 0.6 is 0 Å². The second-order valence-electron chi connectivity index (χ2n) is 4.50. The van der Waals surface area contributed by atoms with E-state index in [0.29, 0.717) is 25.8 Å².